The Morgan fingerprint density at radius 3 is 2.17 bits per heavy atom. The number of nitro groups is 1. The molecule has 5 nitrogen and oxygen atoms in total. The summed E-state index contributed by atoms with van der Waals surface area (Å²) in [4.78, 5) is 14.5. The molecule has 0 saturated carbocycles. The van der Waals surface area contributed by atoms with Gasteiger partial charge < -0.3 is 4.42 Å². The topological polar surface area (TPSA) is 68.6 Å². The molecule has 0 radical (unpaired) electrons. The van der Waals surface area contributed by atoms with Gasteiger partial charge in [0.1, 0.15) is 11.5 Å². The fourth-order valence-electron chi connectivity index (χ4n) is 1.63. The molecule has 0 atom stereocenters. The van der Waals surface area contributed by atoms with E-state index in [9.17, 15) is 10.1 Å². The van der Waals surface area contributed by atoms with Crippen LogP contribution in [0.3, 0.4) is 0 Å². The average molecular weight is 244 g/mol. The van der Waals surface area contributed by atoms with Crippen LogP contribution in [0, 0.1) is 24.0 Å². The summed E-state index contributed by atoms with van der Waals surface area (Å²) in [5.74, 6) is 1.55. The molecular formula is C13H12N2O3. The van der Waals surface area contributed by atoms with Crippen molar-refractivity contribution in [3.63, 3.8) is 0 Å². The van der Waals surface area contributed by atoms with E-state index in [1.54, 1.807) is 12.1 Å². The molecule has 0 bridgehead atoms. The summed E-state index contributed by atoms with van der Waals surface area (Å²) in [5, 5.41) is 11.3. The second-order valence-electron chi connectivity index (χ2n) is 3.92. The highest BCUT2D eigenvalue weighted by atomic mass is 16.6. The Morgan fingerprint density at radius 2 is 1.67 bits per heavy atom. The number of hydrogen-bond donors (Lipinski definition) is 0. The molecule has 0 fully saturated rings. The second-order valence-corrected chi connectivity index (χ2v) is 3.92. The van der Waals surface area contributed by atoms with Crippen molar-refractivity contribution >= 4 is 11.4 Å². The predicted octanol–water partition coefficient (Wildman–Crippen LogP) is 3.04. The zero-order chi connectivity index (χ0) is 13.1. The van der Waals surface area contributed by atoms with E-state index >= 15 is 0 Å². The van der Waals surface area contributed by atoms with Gasteiger partial charge in [-0.15, -0.1) is 0 Å². The molecule has 1 aromatic carbocycles. The maximum atomic E-state index is 10.5. The van der Waals surface area contributed by atoms with Crippen LogP contribution in [0.5, 0.6) is 0 Å². The van der Waals surface area contributed by atoms with Gasteiger partial charge in [0.05, 0.1) is 16.0 Å². The van der Waals surface area contributed by atoms with Crippen molar-refractivity contribution in [3.05, 3.63) is 63.4 Å². The molecule has 0 aliphatic carbocycles. The Balaban J connectivity index is 2.40. The van der Waals surface area contributed by atoms with Gasteiger partial charge in [-0.2, -0.15) is 0 Å². The van der Waals surface area contributed by atoms with E-state index in [0.717, 1.165) is 16.9 Å². The summed E-state index contributed by atoms with van der Waals surface area (Å²) in [6.45, 7) is 3.70. The van der Waals surface area contributed by atoms with Gasteiger partial charge in [0, 0.05) is 24.3 Å². The number of benzene rings is 1. The first-order valence-corrected chi connectivity index (χ1v) is 5.42. The average Bonchev–Trinajstić information content (AvgIpc) is 2.28. The minimum absolute atomic E-state index is 0.0596. The number of hydrogen-bond acceptors (Lipinski definition) is 4. The van der Waals surface area contributed by atoms with E-state index in [1.165, 1.54) is 12.1 Å². The molecule has 2 rings (SSSR count). The first-order valence-electron chi connectivity index (χ1n) is 5.42. The van der Waals surface area contributed by atoms with E-state index in [2.05, 4.69) is 4.99 Å². The number of nitrogens with zero attached hydrogens (tertiary/aromatic N) is 2. The summed E-state index contributed by atoms with van der Waals surface area (Å²) in [7, 11) is 0. The van der Waals surface area contributed by atoms with Gasteiger partial charge in [-0.1, -0.05) is 0 Å². The van der Waals surface area contributed by atoms with Crippen LogP contribution < -0.4 is 5.36 Å². The third-order valence-corrected chi connectivity index (χ3v) is 2.34. The number of rotatable bonds is 2. The first-order chi connectivity index (χ1) is 8.54. The fraction of sp³-hybridized carbons (Fsp3) is 0.154. The quantitative estimate of drug-likeness (QED) is 0.602. The van der Waals surface area contributed by atoms with E-state index in [-0.39, 0.29) is 5.69 Å². The molecule has 1 aromatic heterocycles. The lowest BCUT2D eigenvalue weighted by Gasteiger charge is -1.97. The van der Waals surface area contributed by atoms with Gasteiger partial charge in [0.25, 0.3) is 5.69 Å². The van der Waals surface area contributed by atoms with Crippen LogP contribution in [0.4, 0.5) is 11.4 Å². The van der Waals surface area contributed by atoms with Crippen LogP contribution in [0.25, 0.3) is 0 Å². The minimum atomic E-state index is -0.431. The van der Waals surface area contributed by atoms with E-state index in [1.807, 2.05) is 26.0 Å². The van der Waals surface area contributed by atoms with E-state index in [4.69, 9.17) is 4.42 Å². The van der Waals surface area contributed by atoms with Crippen molar-refractivity contribution in [1.82, 2.24) is 0 Å². The summed E-state index contributed by atoms with van der Waals surface area (Å²) >= 11 is 0. The number of aryl methyl sites for hydroxylation is 2. The van der Waals surface area contributed by atoms with Crippen molar-refractivity contribution in [1.29, 1.82) is 0 Å². The van der Waals surface area contributed by atoms with Gasteiger partial charge in [-0.05, 0) is 26.0 Å². The number of nitro benzene ring substituents is 1. The van der Waals surface area contributed by atoms with Crippen molar-refractivity contribution in [3.8, 4) is 0 Å². The van der Waals surface area contributed by atoms with Crippen LogP contribution in [0.2, 0.25) is 0 Å². The molecule has 0 unspecified atom stereocenters. The van der Waals surface area contributed by atoms with Crippen molar-refractivity contribution in [2.45, 2.75) is 13.8 Å². The van der Waals surface area contributed by atoms with Crippen molar-refractivity contribution in [2.24, 2.45) is 4.99 Å². The smallest absolute Gasteiger partial charge is 0.269 e. The lowest BCUT2D eigenvalue weighted by atomic mass is 10.3. The molecule has 0 aliphatic rings. The summed E-state index contributed by atoms with van der Waals surface area (Å²) in [6, 6.07) is 9.74. The largest absolute Gasteiger partial charge is 0.467 e. The third kappa shape index (κ3) is 2.82. The Morgan fingerprint density at radius 1 is 1.11 bits per heavy atom. The molecule has 0 aliphatic heterocycles. The monoisotopic (exact) mass is 244 g/mol. The fourth-order valence-corrected chi connectivity index (χ4v) is 1.63. The predicted molar refractivity (Wildman–Crippen MR) is 66.5 cm³/mol. The van der Waals surface area contributed by atoms with Gasteiger partial charge in [0.2, 0.25) is 0 Å². The summed E-state index contributed by atoms with van der Waals surface area (Å²) in [5.41, 5.74) is 0.731. The minimum Gasteiger partial charge on any atom is -0.467 e. The molecule has 0 amide bonds. The highest BCUT2D eigenvalue weighted by Crippen LogP contribution is 2.17. The van der Waals surface area contributed by atoms with Gasteiger partial charge in [-0.25, -0.2) is 4.99 Å². The maximum absolute atomic E-state index is 10.5. The highest BCUT2D eigenvalue weighted by molar-refractivity contribution is 5.44. The maximum Gasteiger partial charge on any atom is 0.269 e. The molecule has 92 valence electrons. The molecule has 5 heteroatoms. The normalized spacial score (nSPS) is 10.1. The highest BCUT2D eigenvalue weighted by Gasteiger charge is 2.02. The second kappa shape index (κ2) is 4.83. The van der Waals surface area contributed by atoms with Crippen LogP contribution in [0.1, 0.15) is 11.5 Å². The summed E-state index contributed by atoms with van der Waals surface area (Å²) < 4.78 is 5.36. The first kappa shape index (κ1) is 12.0. The SMILES string of the molecule is Cc1cc(=Nc2ccc([N+](=O)[O-])cc2)cc(C)o1. The molecule has 0 N–H and O–H groups in total. The molecular weight excluding hydrogens is 232 g/mol. The third-order valence-electron chi connectivity index (χ3n) is 2.34. The zero-order valence-electron chi connectivity index (χ0n) is 10.1. The lowest BCUT2D eigenvalue weighted by Crippen LogP contribution is -2.01. The Bertz CT molecular complexity index is 619. The van der Waals surface area contributed by atoms with Crippen LogP contribution in [-0.2, 0) is 0 Å². The van der Waals surface area contributed by atoms with E-state index < -0.39 is 4.92 Å². The van der Waals surface area contributed by atoms with Gasteiger partial charge >= 0.3 is 0 Å². The molecule has 0 spiro atoms. The lowest BCUT2D eigenvalue weighted by molar-refractivity contribution is -0.384. The molecule has 18 heavy (non-hydrogen) atoms. The molecule has 2 aromatic rings. The molecule has 1 heterocycles. The number of non-ortho nitro benzene ring substituents is 1. The Kier molecular flexibility index (Phi) is 3.23. The van der Waals surface area contributed by atoms with Crippen molar-refractivity contribution < 1.29 is 9.34 Å². The van der Waals surface area contributed by atoms with Crippen LogP contribution >= 0.6 is 0 Å². The van der Waals surface area contributed by atoms with Crippen LogP contribution in [-0.4, -0.2) is 4.92 Å². The Hall–Kier alpha value is -2.43. The van der Waals surface area contributed by atoms with E-state index in [0.29, 0.717) is 5.69 Å². The zero-order valence-corrected chi connectivity index (χ0v) is 10.1. The van der Waals surface area contributed by atoms with Crippen molar-refractivity contribution in [2.75, 3.05) is 0 Å². The van der Waals surface area contributed by atoms with Crippen LogP contribution in [0.15, 0.2) is 45.8 Å². The Labute approximate surface area is 104 Å². The standard InChI is InChI=1S/C13H12N2O3/c1-9-7-12(8-10(2)18-9)14-11-3-5-13(6-4-11)15(16)17/h3-8H,1-2H3. The van der Waals surface area contributed by atoms with Gasteiger partial charge in [-0.3, -0.25) is 10.1 Å². The van der Waals surface area contributed by atoms with Gasteiger partial charge in [0.15, 0.2) is 0 Å². The molecule has 0 saturated heterocycles. The summed E-state index contributed by atoms with van der Waals surface area (Å²) in [6.07, 6.45) is 0.